The zero-order valence-corrected chi connectivity index (χ0v) is 7.79. The van der Waals surface area contributed by atoms with Crippen LogP contribution in [-0.4, -0.2) is 6.04 Å². The van der Waals surface area contributed by atoms with Gasteiger partial charge in [0.15, 0.2) is 0 Å². The van der Waals surface area contributed by atoms with E-state index < -0.39 is 0 Å². The molecule has 4 atom stereocenters. The average molecular weight is 173 g/mol. The minimum absolute atomic E-state index is 0.430. The fourth-order valence-electron chi connectivity index (χ4n) is 4.20. The van der Waals surface area contributed by atoms with Gasteiger partial charge in [0.1, 0.15) is 0 Å². The van der Waals surface area contributed by atoms with Gasteiger partial charge in [-0.05, 0) is 54.6 Å². The fourth-order valence-corrected chi connectivity index (χ4v) is 4.20. The van der Waals surface area contributed by atoms with Crippen molar-refractivity contribution in [3.8, 4) is 0 Å². The second-order valence-electron chi connectivity index (χ2n) is 5.27. The molecule has 1 nitrogen and oxygen atoms in total. The van der Waals surface area contributed by atoms with Gasteiger partial charge in [0.25, 0.3) is 0 Å². The van der Waals surface area contributed by atoms with Crippen LogP contribution in [0.2, 0.25) is 0 Å². The summed E-state index contributed by atoms with van der Waals surface area (Å²) in [6, 6.07) is 0.430. The Balaban J connectivity index is 2.00. The molecular weight excluding hydrogens is 158 g/mol. The van der Waals surface area contributed by atoms with Crippen LogP contribution in [0.15, 0.2) is 22.8 Å². The molecule has 68 valence electrons. The second-order valence-corrected chi connectivity index (χ2v) is 5.27. The third-order valence-electron chi connectivity index (χ3n) is 4.63. The van der Waals surface area contributed by atoms with Gasteiger partial charge >= 0.3 is 0 Å². The third-order valence-corrected chi connectivity index (χ3v) is 4.63. The van der Waals surface area contributed by atoms with Crippen LogP contribution in [0.25, 0.3) is 0 Å². The van der Waals surface area contributed by atoms with E-state index in [9.17, 15) is 0 Å². The average Bonchev–Trinajstić information content (AvgIpc) is 2.57. The Bertz CT molecular complexity index is 350. The summed E-state index contributed by atoms with van der Waals surface area (Å²) in [6.07, 6.45) is 7.99. The van der Waals surface area contributed by atoms with E-state index in [0.717, 1.165) is 17.8 Å². The highest BCUT2D eigenvalue weighted by molar-refractivity contribution is 5.48. The van der Waals surface area contributed by atoms with Gasteiger partial charge in [0.05, 0.1) is 0 Å². The molecule has 0 radical (unpaired) electrons. The molecule has 0 spiro atoms. The SMILES string of the molecule is NC1C2=C3C=C4CC3CC2CC1C4. The molecule has 4 unspecified atom stereocenters. The maximum absolute atomic E-state index is 6.30. The van der Waals surface area contributed by atoms with Crippen LogP contribution in [0.4, 0.5) is 0 Å². The van der Waals surface area contributed by atoms with Crippen LogP contribution in [0, 0.1) is 17.8 Å². The van der Waals surface area contributed by atoms with Gasteiger partial charge in [-0.1, -0.05) is 11.6 Å². The van der Waals surface area contributed by atoms with Crippen LogP contribution >= 0.6 is 0 Å². The van der Waals surface area contributed by atoms with Gasteiger partial charge in [-0.25, -0.2) is 0 Å². The van der Waals surface area contributed by atoms with E-state index in [1.807, 2.05) is 0 Å². The highest BCUT2D eigenvalue weighted by Gasteiger charge is 2.48. The summed E-state index contributed by atoms with van der Waals surface area (Å²) in [7, 11) is 0. The Morgan fingerprint density at radius 2 is 2.08 bits per heavy atom. The molecule has 0 aromatic heterocycles. The predicted octanol–water partition coefficient (Wildman–Crippen LogP) is 2.00. The van der Waals surface area contributed by atoms with Crippen LogP contribution in [-0.2, 0) is 0 Å². The topological polar surface area (TPSA) is 26.0 Å². The van der Waals surface area contributed by atoms with Crippen molar-refractivity contribution >= 4 is 0 Å². The lowest BCUT2D eigenvalue weighted by Crippen LogP contribution is -2.27. The summed E-state index contributed by atoms with van der Waals surface area (Å²) in [6.45, 7) is 0. The van der Waals surface area contributed by atoms with Gasteiger partial charge in [-0.2, -0.15) is 0 Å². The van der Waals surface area contributed by atoms with Gasteiger partial charge in [0, 0.05) is 6.04 Å². The minimum atomic E-state index is 0.430. The summed E-state index contributed by atoms with van der Waals surface area (Å²) in [4.78, 5) is 0. The number of allylic oxidation sites excluding steroid dienone is 3. The van der Waals surface area contributed by atoms with Crippen molar-refractivity contribution in [1.82, 2.24) is 0 Å². The molecule has 4 bridgehead atoms. The molecule has 4 aliphatic rings. The van der Waals surface area contributed by atoms with Crippen LogP contribution in [0.5, 0.6) is 0 Å². The maximum atomic E-state index is 6.30. The Morgan fingerprint density at radius 3 is 3.00 bits per heavy atom. The fraction of sp³-hybridized carbons (Fsp3) is 0.667. The molecule has 1 fully saturated rings. The van der Waals surface area contributed by atoms with Crippen LogP contribution in [0.1, 0.15) is 25.7 Å². The molecule has 1 heteroatoms. The van der Waals surface area contributed by atoms with Crippen molar-refractivity contribution in [2.45, 2.75) is 31.7 Å². The molecule has 1 saturated carbocycles. The largest absolute Gasteiger partial charge is 0.324 e. The molecule has 13 heavy (non-hydrogen) atoms. The zero-order chi connectivity index (χ0) is 8.58. The summed E-state index contributed by atoms with van der Waals surface area (Å²) in [5.41, 5.74) is 11.3. The zero-order valence-electron chi connectivity index (χ0n) is 7.79. The molecule has 0 amide bonds. The molecule has 0 aromatic carbocycles. The van der Waals surface area contributed by atoms with E-state index in [2.05, 4.69) is 6.08 Å². The first kappa shape index (κ1) is 6.83. The lowest BCUT2D eigenvalue weighted by Gasteiger charge is -2.20. The van der Waals surface area contributed by atoms with Crippen LogP contribution < -0.4 is 5.73 Å². The lowest BCUT2D eigenvalue weighted by atomic mass is 9.86. The molecular formula is C12H15N. The molecule has 4 rings (SSSR count). The smallest absolute Gasteiger partial charge is 0.0294 e. The normalized spacial score (nSPS) is 50.4. The molecule has 0 saturated heterocycles. The number of fused-ring (bicyclic) bond motifs is 1. The Morgan fingerprint density at radius 1 is 1.15 bits per heavy atom. The summed E-state index contributed by atoms with van der Waals surface area (Å²) in [5.74, 6) is 2.57. The van der Waals surface area contributed by atoms with Gasteiger partial charge in [0.2, 0.25) is 0 Å². The Kier molecular flexibility index (Phi) is 1.01. The first-order valence-electron chi connectivity index (χ1n) is 5.52. The first-order valence-corrected chi connectivity index (χ1v) is 5.52. The summed E-state index contributed by atoms with van der Waals surface area (Å²) in [5, 5.41) is 0. The first-order chi connectivity index (χ1) is 6.33. The third kappa shape index (κ3) is 0.655. The molecule has 0 aromatic rings. The van der Waals surface area contributed by atoms with Crippen molar-refractivity contribution in [2.24, 2.45) is 23.5 Å². The van der Waals surface area contributed by atoms with Crippen molar-refractivity contribution in [3.05, 3.63) is 22.8 Å². The molecule has 0 heterocycles. The van der Waals surface area contributed by atoms with Crippen molar-refractivity contribution in [3.63, 3.8) is 0 Å². The van der Waals surface area contributed by atoms with Gasteiger partial charge < -0.3 is 5.73 Å². The highest BCUT2D eigenvalue weighted by atomic mass is 14.7. The Labute approximate surface area is 78.7 Å². The summed E-state index contributed by atoms with van der Waals surface area (Å²) >= 11 is 0. The van der Waals surface area contributed by atoms with E-state index in [-0.39, 0.29) is 0 Å². The number of hydrogen-bond donors (Lipinski definition) is 1. The predicted molar refractivity (Wildman–Crippen MR) is 52.0 cm³/mol. The van der Waals surface area contributed by atoms with Gasteiger partial charge in [-0.15, -0.1) is 0 Å². The number of rotatable bonds is 0. The highest BCUT2D eigenvalue weighted by Crippen LogP contribution is 2.57. The number of nitrogens with two attached hydrogens (primary N) is 1. The van der Waals surface area contributed by atoms with Crippen LogP contribution in [0.3, 0.4) is 0 Å². The van der Waals surface area contributed by atoms with E-state index >= 15 is 0 Å². The standard InChI is InChI=1S/C12H15N/c13-12-9-2-6-1-7-4-8(5-9)11(12)10(7)3-6/h3,7-9,12H,1-2,4-5,13H2. The van der Waals surface area contributed by atoms with Crippen molar-refractivity contribution in [2.75, 3.05) is 0 Å². The van der Waals surface area contributed by atoms with E-state index in [4.69, 9.17) is 5.73 Å². The van der Waals surface area contributed by atoms with E-state index in [1.165, 1.54) is 25.7 Å². The molecule has 4 aliphatic carbocycles. The monoisotopic (exact) mass is 173 g/mol. The molecule has 0 aliphatic heterocycles. The second kappa shape index (κ2) is 1.93. The van der Waals surface area contributed by atoms with Crippen molar-refractivity contribution < 1.29 is 0 Å². The molecule has 2 N–H and O–H groups in total. The summed E-state index contributed by atoms with van der Waals surface area (Å²) < 4.78 is 0. The maximum Gasteiger partial charge on any atom is 0.0294 e. The quantitative estimate of drug-likeness (QED) is 0.595. The van der Waals surface area contributed by atoms with E-state index in [0.29, 0.717) is 6.04 Å². The lowest BCUT2D eigenvalue weighted by molar-refractivity contribution is 0.399. The number of hydrogen-bond acceptors (Lipinski definition) is 1. The van der Waals surface area contributed by atoms with Crippen molar-refractivity contribution in [1.29, 1.82) is 0 Å². The Hall–Kier alpha value is -0.560. The van der Waals surface area contributed by atoms with Gasteiger partial charge in [-0.3, -0.25) is 0 Å². The van der Waals surface area contributed by atoms with E-state index in [1.54, 1.807) is 16.7 Å². The minimum Gasteiger partial charge on any atom is -0.324 e.